The van der Waals surface area contributed by atoms with Crippen molar-refractivity contribution in [3.8, 4) is 0 Å². The van der Waals surface area contributed by atoms with Crippen molar-refractivity contribution in [2.45, 2.75) is 41.9 Å². The molecule has 2 atom stereocenters. The maximum Gasteiger partial charge on any atom is 0.469 e. The van der Waals surface area contributed by atoms with E-state index in [-0.39, 0.29) is 16.3 Å². The molecule has 2 unspecified atom stereocenters. The predicted octanol–water partition coefficient (Wildman–Crippen LogP) is 3.95. The van der Waals surface area contributed by atoms with Crippen molar-refractivity contribution in [3.63, 3.8) is 0 Å². The van der Waals surface area contributed by atoms with Gasteiger partial charge in [0.25, 0.3) is 0 Å². The van der Waals surface area contributed by atoms with Crippen molar-refractivity contribution in [2.75, 3.05) is 17.3 Å². The summed E-state index contributed by atoms with van der Waals surface area (Å²) >= 11 is 13.7. The Morgan fingerprint density at radius 3 is 1.76 bits per heavy atom. The van der Waals surface area contributed by atoms with Gasteiger partial charge in [0.15, 0.2) is 0 Å². The first-order valence-corrected chi connectivity index (χ1v) is 11.8. The second-order valence-electron chi connectivity index (χ2n) is 5.59. The first kappa shape index (κ1) is 23.0. The second-order valence-corrected chi connectivity index (χ2v) is 10.7. The molecule has 0 fully saturated rings. The van der Waals surface area contributed by atoms with Crippen LogP contribution in [0, 0.1) is 5.41 Å². The molecule has 0 spiro atoms. The predicted molar refractivity (Wildman–Crippen MR) is 99.0 cm³/mol. The Bertz CT molecular complexity index is 351. The molecule has 0 aromatic carbocycles. The molecule has 0 heterocycles. The first-order chi connectivity index (χ1) is 9.37. The lowest BCUT2D eigenvalue weighted by molar-refractivity contribution is -0.0978. The third-order valence-corrected chi connectivity index (χ3v) is 8.37. The quantitative estimate of drug-likeness (QED) is 0.268. The highest BCUT2D eigenvalue weighted by molar-refractivity contribution is 9.12. The first-order valence-electron chi connectivity index (χ1n) is 6.19. The molecule has 0 aliphatic carbocycles. The summed E-state index contributed by atoms with van der Waals surface area (Å²) in [5.41, 5.74) is -2.00. The molecule has 3 N–H and O–H groups in total. The van der Waals surface area contributed by atoms with E-state index < -0.39 is 18.8 Å². The van der Waals surface area contributed by atoms with Gasteiger partial charge in [-0.15, -0.1) is 0 Å². The molecule has 5 nitrogen and oxygen atoms in total. The summed E-state index contributed by atoms with van der Waals surface area (Å²) < 4.78 is 15.5. The van der Waals surface area contributed by atoms with Crippen molar-refractivity contribution in [1.29, 1.82) is 0 Å². The molecule has 0 aromatic heterocycles. The van der Waals surface area contributed by atoms with E-state index in [0.717, 1.165) is 0 Å². The molecule has 0 aliphatic rings. The summed E-state index contributed by atoms with van der Waals surface area (Å²) in [5.74, 6) is 0. The van der Waals surface area contributed by atoms with Gasteiger partial charge in [-0.05, 0) is 12.8 Å². The Morgan fingerprint density at radius 1 is 1.10 bits per heavy atom. The highest BCUT2D eigenvalue weighted by Gasteiger charge is 2.46. The van der Waals surface area contributed by atoms with Crippen molar-refractivity contribution >= 4 is 71.5 Å². The van der Waals surface area contributed by atoms with Crippen molar-refractivity contribution in [3.05, 3.63) is 0 Å². The number of hydrogen-bond acceptors (Lipinski definition) is 3. The van der Waals surface area contributed by atoms with Crippen LogP contribution in [0.5, 0.6) is 0 Å². The van der Waals surface area contributed by atoms with Gasteiger partial charge >= 0.3 is 7.82 Å². The van der Waals surface area contributed by atoms with Gasteiger partial charge in [-0.2, -0.15) is 0 Å². The van der Waals surface area contributed by atoms with E-state index in [9.17, 15) is 9.67 Å². The zero-order valence-electron chi connectivity index (χ0n) is 11.8. The molecule has 0 amide bonds. The zero-order chi connectivity index (χ0) is 16.9. The Morgan fingerprint density at radius 2 is 1.48 bits per heavy atom. The van der Waals surface area contributed by atoms with Gasteiger partial charge < -0.3 is 14.9 Å². The van der Waals surface area contributed by atoms with E-state index >= 15 is 0 Å². The topological polar surface area (TPSA) is 87.0 Å². The van der Waals surface area contributed by atoms with Gasteiger partial charge in [0.05, 0.1) is 12.2 Å². The number of hydrogen-bond donors (Lipinski definition) is 3. The van der Waals surface area contributed by atoms with Crippen LogP contribution in [-0.4, -0.2) is 47.4 Å². The summed E-state index contributed by atoms with van der Waals surface area (Å²) in [6.45, 7) is 3.24. The molecule has 0 rings (SSSR count). The smallest absolute Gasteiger partial charge is 0.389 e. The van der Waals surface area contributed by atoms with Crippen LogP contribution in [0.3, 0.4) is 0 Å². The van der Waals surface area contributed by atoms with Crippen LogP contribution in [0.4, 0.5) is 0 Å². The molecule has 0 saturated carbocycles. The Labute approximate surface area is 159 Å². The maximum atomic E-state index is 11.1. The SMILES string of the molecule is CC(C)(COP(=O)(O)O)C(O)(CC(Br)CBr)CC(Br)CBr. The van der Waals surface area contributed by atoms with E-state index in [2.05, 4.69) is 68.2 Å². The maximum absolute atomic E-state index is 11.1. The summed E-state index contributed by atoms with van der Waals surface area (Å²) in [5, 5.41) is 12.4. The van der Waals surface area contributed by atoms with Crippen LogP contribution < -0.4 is 0 Å². The largest absolute Gasteiger partial charge is 0.469 e. The molecule has 128 valence electrons. The van der Waals surface area contributed by atoms with Crippen LogP contribution in [0.2, 0.25) is 0 Å². The minimum absolute atomic E-state index is 0.0341. The Balaban J connectivity index is 5.19. The van der Waals surface area contributed by atoms with E-state index in [4.69, 9.17) is 9.79 Å². The minimum Gasteiger partial charge on any atom is -0.389 e. The van der Waals surface area contributed by atoms with Gasteiger partial charge in [-0.3, -0.25) is 4.52 Å². The lowest BCUT2D eigenvalue weighted by Gasteiger charge is -2.44. The molecular formula is C11H21Br4O5P. The number of aliphatic hydroxyl groups is 1. The molecule has 21 heavy (non-hydrogen) atoms. The lowest BCUT2D eigenvalue weighted by Crippen LogP contribution is -2.50. The van der Waals surface area contributed by atoms with Crippen molar-refractivity contribution in [2.24, 2.45) is 5.41 Å². The molecule has 0 aromatic rings. The molecule has 0 aliphatic heterocycles. The lowest BCUT2D eigenvalue weighted by atomic mass is 9.70. The van der Waals surface area contributed by atoms with Crippen LogP contribution in [0.1, 0.15) is 26.7 Å². The minimum atomic E-state index is -4.57. The normalized spacial score (nSPS) is 19.1. The van der Waals surface area contributed by atoms with Crippen LogP contribution in [-0.2, 0) is 9.09 Å². The third kappa shape index (κ3) is 8.59. The summed E-state index contributed by atoms with van der Waals surface area (Å²) in [6.07, 6.45) is 0.843. The Hall–Kier alpha value is 1.99. The number of phosphoric ester groups is 1. The highest BCUT2D eigenvalue weighted by Crippen LogP contribution is 2.45. The molecular weight excluding hydrogens is 563 g/mol. The molecule has 10 heteroatoms. The van der Waals surface area contributed by atoms with Crippen LogP contribution in [0.15, 0.2) is 0 Å². The van der Waals surface area contributed by atoms with E-state index in [1.54, 1.807) is 13.8 Å². The zero-order valence-corrected chi connectivity index (χ0v) is 19.0. The van der Waals surface area contributed by atoms with Crippen LogP contribution in [0.25, 0.3) is 0 Å². The molecule has 0 saturated heterocycles. The van der Waals surface area contributed by atoms with Crippen molar-refractivity contribution < 1.29 is 24.0 Å². The van der Waals surface area contributed by atoms with Gasteiger partial charge in [-0.1, -0.05) is 77.6 Å². The average molecular weight is 584 g/mol. The number of rotatable bonds is 10. The fraction of sp³-hybridized carbons (Fsp3) is 1.00. The summed E-state index contributed by atoms with van der Waals surface area (Å²) in [7, 11) is -4.57. The second kappa shape index (κ2) is 9.47. The van der Waals surface area contributed by atoms with Gasteiger partial charge in [-0.25, -0.2) is 4.57 Å². The third-order valence-electron chi connectivity index (χ3n) is 3.31. The molecule has 0 radical (unpaired) electrons. The summed E-state index contributed by atoms with van der Waals surface area (Å²) in [4.78, 5) is 17.8. The fourth-order valence-electron chi connectivity index (χ4n) is 1.86. The van der Waals surface area contributed by atoms with Crippen LogP contribution >= 0.6 is 71.5 Å². The van der Waals surface area contributed by atoms with E-state index in [1.807, 2.05) is 0 Å². The molecule has 0 bridgehead atoms. The number of halogens is 4. The Kier molecular flexibility index (Phi) is 10.4. The van der Waals surface area contributed by atoms with E-state index in [1.165, 1.54) is 0 Å². The van der Waals surface area contributed by atoms with Gasteiger partial charge in [0, 0.05) is 25.7 Å². The standard InChI is InChI=1S/C11H21Br4O5P/c1-10(2,7-20-21(17,18)19)11(16,3-8(14)5-12)4-9(15)6-13/h8-9,16H,3-7H2,1-2H3,(H2,17,18,19). The van der Waals surface area contributed by atoms with Gasteiger partial charge in [0.1, 0.15) is 0 Å². The number of alkyl halides is 4. The summed E-state index contributed by atoms with van der Waals surface area (Å²) in [6, 6.07) is 0. The van der Waals surface area contributed by atoms with Crippen molar-refractivity contribution in [1.82, 2.24) is 0 Å². The number of phosphoric acid groups is 1. The fourth-order valence-corrected chi connectivity index (χ4v) is 3.88. The highest BCUT2D eigenvalue weighted by atomic mass is 79.9. The average Bonchev–Trinajstić information content (AvgIpc) is 2.35. The monoisotopic (exact) mass is 580 g/mol. The van der Waals surface area contributed by atoms with Gasteiger partial charge in [0.2, 0.25) is 0 Å². The van der Waals surface area contributed by atoms with E-state index in [0.29, 0.717) is 23.5 Å².